The van der Waals surface area contributed by atoms with Gasteiger partial charge in [0.1, 0.15) is 0 Å². The van der Waals surface area contributed by atoms with E-state index in [1.54, 1.807) is 11.8 Å². The zero-order valence-corrected chi connectivity index (χ0v) is 12.4. The molecular formula is C12H14BrN3OS. The van der Waals surface area contributed by atoms with Gasteiger partial charge >= 0.3 is 0 Å². The maximum absolute atomic E-state index is 5.98. The first kappa shape index (κ1) is 13.6. The molecule has 18 heavy (non-hydrogen) atoms. The summed E-state index contributed by atoms with van der Waals surface area (Å²) in [6, 6.07) is 7.58. The number of thioether (sulfide) groups is 1. The summed E-state index contributed by atoms with van der Waals surface area (Å²) in [5.41, 5.74) is 6.90. The Kier molecular flexibility index (Phi) is 4.79. The second kappa shape index (κ2) is 6.36. The Morgan fingerprint density at radius 2 is 2.33 bits per heavy atom. The molecule has 6 heteroatoms. The van der Waals surface area contributed by atoms with Crippen LogP contribution >= 0.6 is 27.7 Å². The third-order valence-corrected chi connectivity index (χ3v) is 3.61. The molecule has 0 amide bonds. The number of rotatable bonds is 5. The van der Waals surface area contributed by atoms with Crippen LogP contribution in [-0.4, -0.2) is 22.1 Å². The molecular weight excluding hydrogens is 314 g/mol. The molecule has 0 aliphatic heterocycles. The zero-order valence-electron chi connectivity index (χ0n) is 9.97. The largest absolute Gasteiger partial charge is 0.337 e. The van der Waals surface area contributed by atoms with Crippen molar-refractivity contribution in [1.82, 2.24) is 10.1 Å². The number of halogens is 1. The monoisotopic (exact) mass is 327 g/mol. The average Bonchev–Trinajstić information content (AvgIpc) is 2.85. The predicted molar refractivity (Wildman–Crippen MR) is 77.4 cm³/mol. The van der Waals surface area contributed by atoms with Crippen molar-refractivity contribution in [3.63, 3.8) is 0 Å². The number of benzene rings is 1. The van der Waals surface area contributed by atoms with Crippen LogP contribution in [0.25, 0.3) is 11.4 Å². The van der Waals surface area contributed by atoms with E-state index in [9.17, 15) is 0 Å². The fourth-order valence-corrected chi connectivity index (χ4v) is 2.39. The van der Waals surface area contributed by atoms with Gasteiger partial charge in [-0.1, -0.05) is 33.2 Å². The van der Waals surface area contributed by atoms with Crippen LogP contribution in [0.15, 0.2) is 33.3 Å². The van der Waals surface area contributed by atoms with E-state index in [0.29, 0.717) is 11.7 Å². The predicted octanol–water partition coefficient (Wildman–Crippen LogP) is 3.25. The van der Waals surface area contributed by atoms with Gasteiger partial charge in [-0.05, 0) is 30.6 Å². The second-order valence-electron chi connectivity index (χ2n) is 3.85. The number of hydrogen-bond donors (Lipinski definition) is 1. The Bertz CT molecular complexity index is 518. The quantitative estimate of drug-likeness (QED) is 0.913. The summed E-state index contributed by atoms with van der Waals surface area (Å²) in [6.07, 6.45) is 2.88. The lowest BCUT2D eigenvalue weighted by Gasteiger charge is -2.03. The third-order valence-electron chi connectivity index (χ3n) is 2.47. The van der Waals surface area contributed by atoms with Crippen molar-refractivity contribution in [3.05, 3.63) is 34.6 Å². The van der Waals surface area contributed by atoms with E-state index in [4.69, 9.17) is 10.3 Å². The highest BCUT2D eigenvalue weighted by Gasteiger charge is 2.15. The lowest BCUT2D eigenvalue weighted by atomic mass is 10.2. The Balaban J connectivity index is 2.15. The molecule has 2 aromatic rings. The molecule has 0 aliphatic carbocycles. The van der Waals surface area contributed by atoms with Gasteiger partial charge in [-0.25, -0.2) is 0 Å². The van der Waals surface area contributed by atoms with Crippen LogP contribution in [0.2, 0.25) is 0 Å². The van der Waals surface area contributed by atoms with Gasteiger partial charge in [0.25, 0.3) is 0 Å². The summed E-state index contributed by atoms with van der Waals surface area (Å²) < 4.78 is 6.19. The van der Waals surface area contributed by atoms with Gasteiger partial charge in [0, 0.05) is 10.0 Å². The van der Waals surface area contributed by atoms with Crippen molar-refractivity contribution in [2.45, 2.75) is 12.5 Å². The molecule has 1 aromatic carbocycles. The van der Waals surface area contributed by atoms with Gasteiger partial charge in [-0.15, -0.1) is 0 Å². The fourth-order valence-electron chi connectivity index (χ4n) is 1.50. The summed E-state index contributed by atoms with van der Waals surface area (Å²) in [5.74, 6) is 2.06. The molecule has 0 saturated carbocycles. The van der Waals surface area contributed by atoms with Gasteiger partial charge in [-0.3, -0.25) is 0 Å². The Labute approximate surface area is 118 Å². The molecule has 0 aliphatic rings. The van der Waals surface area contributed by atoms with Crippen LogP contribution in [0.3, 0.4) is 0 Å². The van der Waals surface area contributed by atoms with Crippen LogP contribution < -0.4 is 5.73 Å². The minimum Gasteiger partial charge on any atom is -0.337 e. The smallest absolute Gasteiger partial charge is 0.243 e. The van der Waals surface area contributed by atoms with E-state index in [1.165, 1.54) is 0 Å². The Morgan fingerprint density at radius 3 is 3.06 bits per heavy atom. The maximum Gasteiger partial charge on any atom is 0.243 e. The van der Waals surface area contributed by atoms with E-state index in [-0.39, 0.29) is 6.04 Å². The minimum absolute atomic E-state index is 0.189. The van der Waals surface area contributed by atoms with Crippen molar-refractivity contribution >= 4 is 27.7 Å². The van der Waals surface area contributed by atoms with Crippen LogP contribution in [0.1, 0.15) is 18.4 Å². The average molecular weight is 328 g/mol. The second-order valence-corrected chi connectivity index (χ2v) is 5.76. The van der Waals surface area contributed by atoms with Crippen molar-refractivity contribution in [1.29, 1.82) is 0 Å². The first-order valence-electron chi connectivity index (χ1n) is 5.55. The lowest BCUT2D eigenvalue weighted by Crippen LogP contribution is -2.11. The standard InChI is InChI=1S/C12H14BrN3OS/c1-18-6-5-10(14)12-15-11(16-17-12)8-3-2-4-9(13)7-8/h2-4,7,10H,5-6,14H2,1H3. The molecule has 0 saturated heterocycles. The molecule has 2 N–H and O–H groups in total. The molecule has 0 spiro atoms. The summed E-state index contributed by atoms with van der Waals surface area (Å²) in [6.45, 7) is 0. The topological polar surface area (TPSA) is 64.9 Å². The third kappa shape index (κ3) is 3.34. The molecule has 1 aromatic heterocycles. The van der Waals surface area contributed by atoms with E-state index < -0.39 is 0 Å². The van der Waals surface area contributed by atoms with Gasteiger partial charge in [0.2, 0.25) is 11.7 Å². The highest BCUT2D eigenvalue weighted by atomic mass is 79.9. The molecule has 0 fully saturated rings. The van der Waals surface area contributed by atoms with Crippen molar-refractivity contribution < 1.29 is 4.52 Å². The number of nitrogens with two attached hydrogens (primary N) is 1. The summed E-state index contributed by atoms with van der Waals surface area (Å²) in [7, 11) is 0. The van der Waals surface area contributed by atoms with E-state index >= 15 is 0 Å². The summed E-state index contributed by atoms with van der Waals surface area (Å²) in [5, 5.41) is 3.96. The normalized spacial score (nSPS) is 12.6. The molecule has 1 heterocycles. The first-order chi connectivity index (χ1) is 8.70. The summed E-state index contributed by atoms with van der Waals surface area (Å²) in [4.78, 5) is 4.34. The van der Waals surface area contributed by atoms with Crippen LogP contribution in [-0.2, 0) is 0 Å². The Morgan fingerprint density at radius 1 is 1.50 bits per heavy atom. The van der Waals surface area contributed by atoms with E-state index in [2.05, 4.69) is 26.1 Å². The molecule has 1 atom stereocenters. The number of nitrogens with zero attached hydrogens (tertiary/aromatic N) is 2. The molecule has 0 bridgehead atoms. The van der Waals surface area contributed by atoms with Gasteiger partial charge in [0.15, 0.2) is 0 Å². The molecule has 4 nitrogen and oxygen atoms in total. The number of aromatic nitrogens is 2. The van der Waals surface area contributed by atoms with Gasteiger partial charge < -0.3 is 10.3 Å². The van der Waals surface area contributed by atoms with E-state index in [0.717, 1.165) is 22.2 Å². The van der Waals surface area contributed by atoms with Crippen molar-refractivity contribution in [2.24, 2.45) is 5.73 Å². The zero-order chi connectivity index (χ0) is 13.0. The molecule has 96 valence electrons. The Hall–Kier alpha value is -0.850. The lowest BCUT2D eigenvalue weighted by molar-refractivity contribution is 0.353. The first-order valence-corrected chi connectivity index (χ1v) is 7.73. The molecule has 1 unspecified atom stereocenters. The van der Waals surface area contributed by atoms with Crippen LogP contribution in [0, 0.1) is 0 Å². The van der Waals surface area contributed by atoms with E-state index in [1.807, 2.05) is 30.5 Å². The molecule has 2 rings (SSSR count). The molecule has 0 radical (unpaired) electrons. The van der Waals surface area contributed by atoms with Crippen LogP contribution in [0.4, 0.5) is 0 Å². The fraction of sp³-hybridized carbons (Fsp3) is 0.333. The van der Waals surface area contributed by atoms with Crippen molar-refractivity contribution in [2.75, 3.05) is 12.0 Å². The van der Waals surface area contributed by atoms with Gasteiger partial charge in [0.05, 0.1) is 6.04 Å². The maximum atomic E-state index is 5.98. The SMILES string of the molecule is CSCCC(N)c1nc(-c2cccc(Br)c2)no1. The summed E-state index contributed by atoms with van der Waals surface area (Å²) >= 11 is 5.17. The van der Waals surface area contributed by atoms with Crippen molar-refractivity contribution in [3.8, 4) is 11.4 Å². The van der Waals surface area contributed by atoms with Gasteiger partial charge in [-0.2, -0.15) is 16.7 Å². The highest BCUT2D eigenvalue weighted by Crippen LogP contribution is 2.22. The van der Waals surface area contributed by atoms with Crippen LogP contribution in [0.5, 0.6) is 0 Å². The highest BCUT2D eigenvalue weighted by molar-refractivity contribution is 9.10. The number of hydrogen-bond acceptors (Lipinski definition) is 5. The minimum atomic E-state index is -0.189.